The van der Waals surface area contributed by atoms with Crippen LogP contribution in [0.2, 0.25) is 0 Å². The van der Waals surface area contributed by atoms with E-state index in [0.717, 1.165) is 12.2 Å². The van der Waals surface area contributed by atoms with E-state index >= 15 is 0 Å². The van der Waals surface area contributed by atoms with Gasteiger partial charge >= 0.3 is 5.97 Å². The minimum Gasteiger partial charge on any atom is -0.477 e. The van der Waals surface area contributed by atoms with E-state index < -0.39 is 5.97 Å². The number of ketones is 1. The molecule has 5 heteroatoms. The predicted molar refractivity (Wildman–Crippen MR) is 66.3 cm³/mol. The lowest BCUT2D eigenvalue weighted by Crippen LogP contribution is -2.19. The highest BCUT2D eigenvalue weighted by Gasteiger charge is 2.27. The van der Waals surface area contributed by atoms with Crippen LogP contribution in [0.15, 0.2) is 12.3 Å². The number of allylic oxidation sites excluding steroid dienone is 1. The van der Waals surface area contributed by atoms with Crippen molar-refractivity contribution in [1.29, 1.82) is 0 Å². The summed E-state index contributed by atoms with van der Waals surface area (Å²) in [5.41, 5.74) is 0.179. The highest BCUT2D eigenvalue weighted by Crippen LogP contribution is 2.32. The molecule has 0 radical (unpaired) electrons. The molecule has 1 aromatic heterocycles. The van der Waals surface area contributed by atoms with Gasteiger partial charge < -0.3 is 9.90 Å². The quantitative estimate of drug-likeness (QED) is 0.886. The maximum atomic E-state index is 11.0. The number of hydrogen-bond donors (Lipinski definition) is 1. The lowest BCUT2D eigenvalue weighted by molar-refractivity contribution is -0.117. The molecule has 0 spiro atoms. The van der Waals surface area contributed by atoms with Crippen LogP contribution in [-0.4, -0.2) is 26.4 Å². The zero-order chi connectivity index (χ0) is 13.3. The van der Waals surface area contributed by atoms with Crippen LogP contribution in [0.4, 0.5) is 0 Å². The van der Waals surface area contributed by atoms with E-state index in [4.69, 9.17) is 5.11 Å². The van der Waals surface area contributed by atoms with Crippen LogP contribution < -0.4 is 0 Å². The molecule has 96 valence electrons. The molecular weight excluding hydrogens is 232 g/mol. The van der Waals surface area contributed by atoms with Crippen LogP contribution >= 0.6 is 0 Å². The van der Waals surface area contributed by atoms with E-state index in [9.17, 15) is 9.59 Å². The molecule has 2 heterocycles. The third-order valence-corrected chi connectivity index (χ3v) is 3.41. The zero-order valence-corrected chi connectivity index (χ0v) is 10.5. The molecule has 0 aromatic carbocycles. The van der Waals surface area contributed by atoms with Crippen molar-refractivity contribution in [2.45, 2.75) is 32.6 Å². The Morgan fingerprint density at radius 2 is 2.22 bits per heavy atom. The average Bonchev–Trinajstić information content (AvgIpc) is 2.72. The van der Waals surface area contributed by atoms with Crippen LogP contribution in [-0.2, 0) is 4.79 Å². The molecule has 18 heavy (non-hydrogen) atoms. The van der Waals surface area contributed by atoms with Gasteiger partial charge in [0, 0.05) is 18.5 Å². The van der Waals surface area contributed by atoms with E-state index in [0.29, 0.717) is 6.42 Å². The predicted octanol–water partition coefficient (Wildman–Crippen LogP) is 2.15. The minimum atomic E-state index is -0.979. The monoisotopic (exact) mass is 248 g/mol. The maximum Gasteiger partial charge on any atom is 0.354 e. The number of carboxylic acids is 1. The Hall–Kier alpha value is -1.91. The van der Waals surface area contributed by atoms with Gasteiger partial charge in [0.05, 0.1) is 6.20 Å². The van der Waals surface area contributed by atoms with Gasteiger partial charge in [-0.15, -0.1) is 0 Å². The van der Waals surface area contributed by atoms with Crippen LogP contribution in [0.1, 0.15) is 48.9 Å². The number of imidazole rings is 1. The molecule has 0 bridgehead atoms. The molecule has 1 aliphatic heterocycles. The third-order valence-electron chi connectivity index (χ3n) is 3.41. The maximum absolute atomic E-state index is 11.0. The van der Waals surface area contributed by atoms with Gasteiger partial charge in [0.1, 0.15) is 11.6 Å². The summed E-state index contributed by atoms with van der Waals surface area (Å²) in [6.07, 6.45) is 6.42. The Bertz CT molecular complexity index is 516. The molecule has 1 N–H and O–H groups in total. The summed E-state index contributed by atoms with van der Waals surface area (Å²) in [7, 11) is 0. The molecule has 0 saturated heterocycles. The molecule has 0 saturated carbocycles. The first-order valence-electron chi connectivity index (χ1n) is 5.99. The van der Waals surface area contributed by atoms with Crippen LogP contribution in [0.25, 0.3) is 6.20 Å². The minimum absolute atomic E-state index is 0.127. The summed E-state index contributed by atoms with van der Waals surface area (Å²) in [5, 5.41) is 9.02. The molecule has 1 aromatic rings. The number of aromatic nitrogens is 2. The highest BCUT2D eigenvalue weighted by atomic mass is 16.4. The van der Waals surface area contributed by atoms with Gasteiger partial charge in [-0.25, -0.2) is 9.78 Å². The van der Waals surface area contributed by atoms with Gasteiger partial charge in [-0.1, -0.05) is 13.0 Å². The van der Waals surface area contributed by atoms with Crippen molar-refractivity contribution in [3.05, 3.63) is 23.8 Å². The molecule has 2 atom stereocenters. The van der Waals surface area contributed by atoms with E-state index in [-0.39, 0.29) is 23.3 Å². The smallest absolute Gasteiger partial charge is 0.354 e. The first kappa shape index (κ1) is 12.5. The number of aromatic carboxylic acids is 1. The second kappa shape index (κ2) is 4.76. The Kier molecular flexibility index (Phi) is 3.32. The summed E-state index contributed by atoms with van der Waals surface area (Å²) < 4.78 is 1.61. The molecule has 2 unspecified atom stereocenters. The van der Waals surface area contributed by atoms with E-state index in [1.165, 1.54) is 6.20 Å². The summed E-state index contributed by atoms with van der Waals surface area (Å²) in [4.78, 5) is 26.2. The van der Waals surface area contributed by atoms with Gasteiger partial charge in [-0.05, 0) is 19.3 Å². The summed E-state index contributed by atoms with van der Waals surface area (Å²) in [6.45, 7) is 3.60. The van der Waals surface area contributed by atoms with E-state index in [2.05, 4.69) is 4.98 Å². The number of fused-ring (bicyclic) bond motifs is 1. The van der Waals surface area contributed by atoms with Crippen LogP contribution in [0.3, 0.4) is 0 Å². The van der Waals surface area contributed by atoms with Gasteiger partial charge in [0.2, 0.25) is 0 Å². The number of nitrogens with zero attached hydrogens (tertiary/aromatic N) is 2. The van der Waals surface area contributed by atoms with Gasteiger partial charge in [0.25, 0.3) is 0 Å². The van der Waals surface area contributed by atoms with Crippen molar-refractivity contribution >= 4 is 18.0 Å². The standard InChI is InChI=1S/C13H16N2O3/c1-8(16)3-4-10-5-6-15-11(13(17)18)7-14-12(15)9(10)2/h5-7,9-10H,3-4H2,1-2H3,(H,17,18). The number of hydrogen-bond acceptors (Lipinski definition) is 3. The van der Waals surface area contributed by atoms with E-state index in [1.807, 2.05) is 13.0 Å². The fourth-order valence-corrected chi connectivity index (χ4v) is 2.30. The number of Topliss-reactive ketones (excluding diaryl/α,β-unsaturated/α-hetero) is 1. The number of carbonyl (C=O) groups is 2. The summed E-state index contributed by atoms with van der Waals surface area (Å²) in [5.74, 6) is 0.319. The molecule has 0 amide bonds. The Morgan fingerprint density at radius 3 is 2.83 bits per heavy atom. The van der Waals surface area contributed by atoms with Crippen LogP contribution in [0, 0.1) is 5.92 Å². The van der Waals surface area contributed by atoms with E-state index in [1.54, 1.807) is 17.7 Å². The summed E-state index contributed by atoms with van der Waals surface area (Å²) in [6, 6.07) is 0. The van der Waals surface area contributed by atoms with Crippen molar-refractivity contribution in [3.8, 4) is 0 Å². The summed E-state index contributed by atoms with van der Waals surface area (Å²) >= 11 is 0. The third kappa shape index (κ3) is 2.20. The molecule has 0 fully saturated rings. The number of carbonyl (C=O) groups excluding carboxylic acids is 1. The van der Waals surface area contributed by atoms with Crippen molar-refractivity contribution in [1.82, 2.24) is 9.55 Å². The lowest BCUT2D eigenvalue weighted by atomic mass is 9.87. The van der Waals surface area contributed by atoms with Crippen molar-refractivity contribution in [2.24, 2.45) is 5.92 Å². The van der Waals surface area contributed by atoms with Gasteiger partial charge in [-0.2, -0.15) is 0 Å². The first-order chi connectivity index (χ1) is 8.50. The highest BCUT2D eigenvalue weighted by molar-refractivity contribution is 5.86. The lowest BCUT2D eigenvalue weighted by Gasteiger charge is -2.24. The molecule has 5 nitrogen and oxygen atoms in total. The Morgan fingerprint density at radius 1 is 1.50 bits per heavy atom. The van der Waals surface area contributed by atoms with Crippen molar-refractivity contribution in [2.75, 3.05) is 0 Å². The second-order valence-corrected chi connectivity index (χ2v) is 4.71. The molecule has 1 aliphatic rings. The fraction of sp³-hybridized carbons (Fsp3) is 0.462. The second-order valence-electron chi connectivity index (χ2n) is 4.71. The number of rotatable bonds is 4. The SMILES string of the molecule is CC(=O)CCC1C=Cn2c(C(=O)O)cnc2C1C. The largest absolute Gasteiger partial charge is 0.477 e. The number of carboxylic acid groups (broad SMARTS) is 1. The average molecular weight is 248 g/mol. The molecule has 0 aliphatic carbocycles. The fourth-order valence-electron chi connectivity index (χ4n) is 2.30. The Balaban J connectivity index is 2.22. The van der Waals surface area contributed by atoms with Crippen LogP contribution in [0.5, 0.6) is 0 Å². The van der Waals surface area contributed by atoms with Crippen molar-refractivity contribution < 1.29 is 14.7 Å². The normalized spacial score (nSPS) is 21.7. The van der Waals surface area contributed by atoms with Gasteiger partial charge in [0.15, 0.2) is 5.69 Å². The molecular formula is C13H16N2O3. The van der Waals surface area contributed by atoms with Gasteiger partial charge in [-0.3, -0.25) is 4.57 Å². The first-order valence-corrected chi connectivity index (χ1v) is 5.99. The topological polar surface area (TPSA) is 72.2 Å². The van der Waals surface area contributed by atoms with Crippen molar-refractivity contribution in [3.63, 3.8) is 0 Å². The Labute approximate surface area is 105 Å². The zero-order valence-electron chi connectivity index (χ0n) is 10.5. The molecule has 2 rings (SSSR count).